The zero-order valence-electron chi connectivity index (χ0n) is 10.9. The van der Waals surface area contributed by atoms with Gasteiger partial charge in [-0.25, -0.2) is 0 Å². The number of ether oxygens (including phenoxy) is 1. The topological polar surface area (TPSA) is 94.1 Å². The molecular formula is C16H10N2O3. The number of hydrogen-bond donors (Lipinski definition) is 1. The summed E-state index contributed by atoms with van der Waals surface area (Å²) < 4.78 is 5.59. The molecule has 2 rings (SSSR count). The second-order valence-electron chi connectivity index (χ2n) is 4.25. The van der Waals surface area contributed by atoms with Crippen LogP contribution < -0.4 is 4.74 Å². The minimum atomic E-state index is -0.919. The molecule has 0 aromatic heterocycles. The van der Waals surface area contributed by atoms with Gasteiger partial charge in [-0.1, -0.05) is 12.1 Å². The Hall–Kier alpha value is -3.31. The quantitative estimate of drug-likeness (QED) is 0.927. The van der Waals surface area contributed by atoms with E-state index in [0.717, 1.165) is 0 Å². The predicted octanol–water partition coefficient (Wildman–Crippen LogP) is 2.85. The standard InChI is InChI=1S/C16H10N2O3/c17-9-12-4-5-15(8-13(12)10-18)21-14-3-1-2-11(6-14)7-16(19)20/h1-6,8H,7H2,(H,19,20). The molecule has 0 bridgehead atoms. The van der Waals surface area contributed by atoms with Crippen LogP contribution in [0.25, 0.3) is 0 Å². The number of nitriles is 2. The van der Waals surface area contributed by atoms with Crippen LogP contribution in [0.1, 0.15) is 16.7 Å². The fraction of sp³-hybridized carbons (Fsp3) is 0.0625. The Morgan fingerprint density at radius 2 is 1.76 bits per heavy atom. The summed E-state index contributed by atoms with van der Waals surface area (Å²) in [7, 11) is 0. The molecule has 0 aliphatic rings. The zero-order chi connectivity index (χ0) is 15.2. The smallest absolute Gasteiger partial charge is 0.307 e. The maximum Gasteiger partial charge on any atom is 0.307 e. The van der Waals surface area contributed by atoms with Gasteiger partial charge >= 0.3 is 5.97 Å². The molecule has 5 heteroatoms. The van der Waals surface area contributed by atoms with E-state index in [1.807, 2.05) is 12.1 Å². The molecule has 0 radical (unpaired) electrons. The van der Waals surface area contributed by atoms with E-state index >= 15 is 0 Å². The lowest BCUT2D eigenvalue weighted by Crippen LogP contribution is -1.99. The highest BCUT2D eigenvalue weighted by atomic mass is 16.5. The SMILES string of the molecule is N#Cc1ccc(Oc2cccc(CC(=O)O)c2)cc1C#N. The molecule has 2 aromatic rings. The number of rotatable bonds is 4. The summed E-state index contributed by atoms with van der Waals surface area (Å²) in [6.07, 6.45) is -0.0893. The second-order valence-corrected chi connectivity index (χ2v) is 4.25. The fourth-order valence-electron chi connectivity index (χ4n) is 1.81. The monoisotopic (exact) mass is 278 g/mol. The van der Waals surface area contributed by atoms with Gasteiger partial charge in [0.05, 0.1) is 17.5 Å². The van der Waals surface area contributed by atoms with Gasteiger partial charge in [0.25, 0.3) is 0 Å². The molecule has 0 spiro atoms. The number of carboxylic acid groups (broad SMARTS) is 1. The Kier molecular flexibility index (Phi) is 4.18. The molecule has 0 atom stereocenters. The van der Waals surface area contributed by atoms with Crippen molar-refractivity contribution in [3.63, 3.8) is 0 Å². The van der Waals surface area contributed by atoms with Crippen LogP contribution >= 0.6 is 0 Å². The highest BCUT2D eigenvalue weighted by Gasteiger charge is 2.06. The molecule has 0 unspecified atom stereocenters. The molecule has 2 aromatic carbocycles. The van der Waals surface area contributed by atoms with E-state index in [-0.39, 0.29) is 17.5 Å². The van der Waals surface area contributed by atoms with Crippen LogP contribution in [0.15, 0.2) is 42.5 Å². The van der Waals surface area contributed by atoms with Crippen LogP contribution in [0.2, 0.25) is 0 Å². The fourth-order valence-corrected chi connectivity index (χ4v) is 1.81. The van der Waals surface area contributed by atoms with Gasteiger partial charge in [0.1, 0.15) is 23.6 Å². The third-order valence-corrected chi connectivity index (χ3v) is 2.72. The third kappa shape index (κ3) is 3.59. The first-order valence-electron chi connectivity index (χ1n) is 6.05. The van der Waals surface area contributed by atoms with Gasteiger partial charge in [0.2, 0.25) is 0 Å². The number of aliphatic carboxylic acids is 1. The van der Waals surface area contributed by atoms with E-state index in [1.165, 1.54) is 12.1 Å². The van der Waals surface area contributed by atoms with Crippen LogP contribution in [-0.2, 0) is 11.2 Å². The molecule has 1 N–H and O–H groups in total. The van der Waals surface area contributed by atoms with Gasteiger partial charge in [-0.05, 0) is 35.9 Å². The number of carboxylic acids is 1. The lowest BCUT2D eigenvalue weighted by molar-refractivity contribution is -0.136. The van der Waals surface area contributed by atoms with Crippen molar-refractivity contribution in [2.75, 3.05) is 0 Å². The van der Waals surface area contributed by atoms with E-state index in [2.05, 4.69) is 0 Å². The zero-order valence-corrected chi connectivity index (χ0v) is 10.9. The van der Waals surface area contributed by atoms with Crippen molar-refractivity contribution in [2.24, 2.45) is 0 Å². The number of nitrogens with zero attached hydrogens (tertiary/aromatic N) is 2. The van der Waals surface area contributed by atoms with Crippen molar-refractivity contribution in [2.45, 2.75) is 6.42 Å². The molecular weight excluding hydrogens is 268 g/mol. The van der Waals surface area contributed by atoms with Gasteiger partial charge in [-0.3, -0.25) is 4.79 Å². The minimum absolute atomic E-state index is 0.0893. The van der Waals surface area contributed by atoms with E-state index in [0.29, 0.717) is 17.1 Å². The Morgan fingerprint density at radius 3 is 2.43 bits per heavy atom. The van der Waals surface area contributed by atoms with E-state index in [4.69, 9.17) is 20.4 Å². The van der Waals surface area contributed by atoms with Crippen LogP contribution in [0.4, 0.5) is 0 Å². The Labute approximate surface area is 121 Å². The average Bonchev–Trinajstić information content (AvgIpc) is 2.46. The summed E-state index contributed by atoms with van der Waals surface area (Å²) in [5.41, 5.74) is 1.13. The lowest BCUT2D eigenvalue weighted by atomic mass is 10.1. The number of benzene rings is 2. The largest absolute Gasteiger partial charge is 0.481 e. The lowest BCUT2D eigenvalue weighted by Gasteiger charge is -2.07. The van der Waals surface area contributed by atoms with Gasteiger partial charge in [0.15, 0.2) is 0 Å². The summed E-state index contributed by atoms with van der Waals surface area (Å²) in [5.74, 6) is -0.0299. The van der Waals surface area contributed by atoms with Crippen molar-refractivity contribution in [1.29, 1.82) is 10.5 Å². The first kappa shape index (κ1) is 14.1. The van der Waals surface area contributed by atoms with Gasteiger partial charge in [-0.2, -0.15) is 10.5 Å². The van der Waals surface area contributed by atoms with E-state index in [9.17, 15) is 4.79 Å². The maximum atomic E-state index is 10.7. The van der Waals surface area contributed by atoms with Crippen molar-refractivity contribution < 1.29 is 14.6 Å². The molecule has 5 nitrogen and oxygen atoms in total. The number of carbonyl (C=O) groups is 1. The summed E-state index contributed by atoms with van der Waals surface area (Å²) in [6, 6.07) is 15.1. The molecule has 21 heavy (non-hydrogen) atoms. The molecule has 0 saturated heterocycles. The second kappa shape index (κ2) is 6.23. The normalized spacial score (nSPS) is 9.43. The van der Waals surface area contributed by atoms with Crippen molar-refractivity contribution in [3.8, 4) is 23.6 Å². The number of hydrogen-bond acceptors (Lipinski definition) is 4. The highest BCUT2D eigenvalue weighted by Crippen LogP contribution is 2.24. The van der Waals surface area contributed by atoms with Crippen molar-refractivity contribution in [1.82, 2.24) is 0 Å². The van der Waals surface area contributed by atoms with Gasteiger partial charge < -0.3 is 9.84 Å². The molecule has 0 saturated carbocycles. The van der Waals surface area contributed by atoms with Crippen molar-refractivity contribution >= 4 is 5.97 Å². The Morgan fingerprint density at radius 1 is 1.05 bits per heavy atom. The van der Waals surface area contributed by atoms with Crippen LogP contribution in [0.3, 0.4) is 0 Å². The molecule has 0 amide bonds. The van der Waals surface area contributed by atoms with Crippen molar-refractivity contribution in [3.05, 3.63) is 59.2 Å². The first-order valence-corrected chi connectivity index (χ1v) is 6.05. The van der Waals surface area contributed by atoms with Crippen LogP contribution in [0.5, 0.6) is 11.5 Å². The van der Waals surface area contributed by atoms with E-state index < -0.39 is 5.97 Å². The van der Waals surface area contributed by atoms with Crippen LogP contribution in [0, 0.1) is 22.7 Å². The maximum absolute atomic E-state index is 10.7. The molecule has 0 aliphatic carbocycles. The van der Waals surface area contributed by atoms with E-state index in [1.54, 1.807) is 30.3 Å². The summed E-state index contributed by atoms with van der Waals surface area (Å²) >= 11 is 0. The predicted molar refractivity (Wildman–Crippen MR) is 73.7 cm³/mol. The van der Waals surface area contributed by atoms with Gasteiger partial charge in [-0.15, -0.1) is 0 Å². The average molecular weight is 278 g/mol. The highest BCUT2D eigenvalue weighted by molar-refractivity contribution is 5.70. The Bertz CT molecular complexity index is 770. The molecule has 102 valence electrons. The van der Waals surface area contributed by atoms with Gasteiger partial charge in [0, 0.05) is 0 Å². The summed E-state index contributed by atoms with van der Waals surface area (Å²) in [5, 5.41) is 26.6. The Balaban J connectivity index is 2.25. The minimum Gasteiger partial charge on any atom is -0.481 e. The summed E-state index contributed by atoms with van der Waals surface area (Å²) in [6.45, 7) is 0. The first-order chi connectivity index (χ1) is 10.1. The molecule has 0 heterocycles. The molecule has 0 fully saturated rings. The molecule has 0 aliphatic heterocycles. The van der Waals surface area contributed by atoms with Crippen LogP contribution in [-0.4, -0.2) is 11.1 Å². The third-order valence-electron chi connectivity index (χ3n) is 2.72. The summed E-state index contributed by atoms with van der Waals surface area (Å²) in [4.78, 5) is 10.7.